The summed E-state index contributed by atoms with van der Waals surface area (Å²) in [6, 6.07) is 5.14. The topological polar surface area (TPSA) is 78.4 Å². The van der Waals surface area contributed by atoms with Gasteiger partial charge in [-0.25, -0.2) is 4.79 Å². The number of carbonyl (C=O) groups excluding carboxylic acids is 1. The lowest BCUT2D eigenvalue weighted by atomic mass is 10.1. The number of carboxylic acids is 1. The van der Waals surface area contributed by atoms with E-state index in [0.717, 1.165) is 18.4 Å². The molecular weight excluding hydrogens is 256 g/mol. The molecule has 1 aliphatic carbocycles. The summed E-state index contributed by atoms with van der Waals surface area (Å²) in [6.45, 7) is 2.08. The summed E-state index contributed by atoms with van der Waals surface area (Å²) < 4.78 is 0. The number of aryl methyl sites for hydroxylation is 1. The van der Waals surface area contributed by atoms with Crippen LogP contribution in [0.5, 0.6) is 0 Å². The molecular formula is C15H20N2O3. The van der Waals surface area contributed by atoms with Gasteiger partial charge in [-0.1, -0.05) is 12.8 Å². The van der Waals surface area contributed by atoms with Crippen molar-refractivity contribution >= 4 is 17.6 Å². The third kappa shape index (κ3) is 3.81. The first kappa shape index (κ1) is 14.5. The van der Waals surface area contributed by atoms with Crippen LogP contribution in [0.4, 0.5) is 5.69 Å². The van der Waals surface area contributed by atoms with Crippen LogP contribution in [0, 0.1) is 6.92 Å². The van der Waals surface area contributed by atoms with Crippen molar-refractivity contribution in [2.45, 2.75) is 38.6 Å². The molecule has 5 heteroatoms. The maximum atomic E-state index is 11.9. The van der Waals surface area contributed by atoms with Crippen LogP contribution in [0.15, 0.2) is 18.2 Å². The quantitative estimate of drug-likeness (QED) is 0.770. The SMILES string of the molecule is Cc1cc(C(=O)O)ccc1NC(=O)CNC1CCCC1. The van der Waals surface area contributed by atoms with Gasteiger partial charge in [0.1, 0.15) is 0 Å². The van der Waals surface area contributed by atoms with E-state index in [1.54, 1.807) is 19.1 Å². The van der Waals surface area contributed by atoms with Gasteiger partial charge in [0.25, 0.3) is 0 Å². The zero-order valence-electron chi connectivity index (χ0n) is 11.6. The molecule has 0 atom stereocenters. The fraction of sp³-hybridized carbons (Fsp3) is 0.467. The Kier molecular flexibility index (Phi) is 4.74. The minimum absolute atomic E-state index is 0.0944. The van der Waals surface area contributed by atoms with Crippen molar-refractivity contribution in [3.8, 4) is 0 Å². The van der Waals surface area contributed by atoms with Crippen LogP contribution < -0.4 is 10.6 Å². The van der Waals surface area contributed by atoms with Gasteiger partial charge in [0.15, 0.2) is 0 Å². The second kappa shape index (κ2) is 6.52. The molecule has 1 amide bonds. The van der Waals surface area contributed by atoms with Crippen LogP contribution in [-0.4, -0.2) is 29.6 Å². The molecule has 0 bridgehead atoms. The summed E-state index contributed by atoms with van der Waals surface area (Å²) in [5.74, 6) is -1.06. The van der Waals surface area contributed by atoms with E-state index in [0.29, 0.717) is 18.3 Å². The van der Waals surface area contributed by atoms with Crippen LogP contribution in [0.3, 0.4) is 0 Å². The third-order valence-corrected chi connectivity index (χ3v) is 3.65. The minimum atomic E-state index is -0.964. The van der Waals surface area contributed by atoms with Crippen molar-refractivity contribution in [1.29, 1.82) is 0 Å². The van der Waals surface area contributed by atoms with Crippen LogP contribution in [0.25, 0.3) is 0 Å². The molecule has 108 valence electrons. The van der Waals surface area contributed by atoms with Crippen LogP contribution in [0.2, 0.25) is 0 Å². The van der Waals surface area contributed by atoms with Crippen molar-refractivity contribution in [3.63, 3.8) is 0 Å². The van der Waals surface area contributed by atoms with Crippen molar-refractivity contribution in [2.75, 3.05) is 11.9 Å². The van der Waals surface area contributed by atoms with Gasteiger partial charge >= 0.3 is 5.97 Å². The van der Waals surface area contributed by atoms with Crippen LogP contribution in [0.1, 0.15) is 41.6 Å². The fourth-order valence-corrected chi connectivity index (χ4v) is 2.50. The lowest BCUT2D eigenvalue weighted by molar-refractivity contribution is -0.115. The van der Waals surface area contributed by atoms with E-state index in [-0.39, 0.29) is 11.5 Å². The van der Waals surface area contributed by atoms with Crippen LogP contribution >= 0.6 is 0 Å². The minimum Gasteiger partial charge on any atom is -0.478 e. The van der Waals surface area contributed by atoms with E-state index in [1.165, 1.54) is 18.9 Å². The summed E-state index contributed by atoms with van der Waals surface area (Å²) in [4.78, 5) is 22.7. The maximum absolute atomic E-state index is 11.9. The summed E-state index contributed by atoms with van der Waals surface area (Å²) in [5, 5.41) is 14.9. The van der Waals surface area contributed by atoms with Crippen molar-refractivity contribution < 1.29 is 14.7 Å². The third-order valence-electron chi connectivity index (χ3n) is 3.65. The maximum Gasteiger partial charge on any atom is 0.335 e. The normalized spacial score (nSPS) is 15.2. The molecule has 1 fully saturated rings. The number of hydrogen-bond donors (Lipinski definition) is 3. The number of rotatable bonds is 5. The van der Waals surface area contributed by atoms with Crippen molar-refractivity contribution in [2.24, 2.45) is 0 Å². The second-order valence-corrected chi connectivity index (χ2v) is 5.25. The first-order valence-corrected chi connectivity index (χ1v) is 6.93. The van der Waals surface area contributed by atoms with Gasteiger partial charge in [-0.2, -0.15) is 0 Å². The van der Waals surface area contributed by atoms with Gasteiger partial charge in [0, 0.05) is 11.7 Å². The monoisotopic (exact) mass is 276 g/mol. The predicted octanol–water partition coefficient (Wildman–Crippen LogP) is 2.16. The smallest absolute Gasteiger partial charge is 0.335 e. The Balaban J connectivity index is 1.88. The van der Waals surface area contributed by atoms with Crippen molar-refractivity contribution in [1.82, 2.24) is 5.32 Å². The van der Waals surface area contributed by atoms with Gasteiger partial charge in [0.05, 0.1) is 12.1 Å². The molecule has 3 N–H and O–H groups in total. The molecule has 2 rings (SSSR count). The zero-order chi connectivity index (χ0) is 14.5. The lowest BCUT2D eigenvalue weighted by Crippen LogP contribution is -2.34. The first-order valence-electron chi connectivity index (χ1n) is 6.93. The molecule has 1 aliphatic rings. The van der Waals surface area contributed by atoms with E-state index in [2.05, 4.69) is 10.6 Å². The lowest BCUT2D eigenvalue weighted by Gasteiger charge is -2.13. The number of anilines is 1. The number of carboxylic acid groups (broad SMARTS) is 1. The van der Waals surface area contributed by atoms with E-state index in [1.807, 2.05) is 0 Å². The Morgan fingerprint density at radius 1 is 1.30 bits per heavy atom. The van der Waals surface area contributed by atoms with E-state index >= 15 is 0 Å². The number of benzene rings is 1. The molecule has 0 saturated heterocycles. The Hall–Kier alpha value is -1.88. The highest BCUT2D eigenvalue weighted by atomic mass is 16.4. The molecule has 0 aromatic heterocycles. The Morgan fingerprint density at radius 2 is 2.00 bits per heavy atom. The molecule has 1 aromatic carbocycles. The van der Waals surface area contributed by atoms with E-state index in [4.69, 9.17) is 5.11 Å². The molecule has 0 heterocycles. The van der Waals surface area contributed by atoms with Gasteiger partial charge in [-0.15, -0.1) is 0 Å². The largest absolute Gasteiger partial charge is 0.478 e. The molecule has 1 saturated carbocycles. The highest BCUT2D eigenvalue weighted by Gasteiger charge is 2.15. The van der Waals surface area contributed by atoms with Gasteiger partial charge in [-0.05, 0) is 43.5 Å². The van der Waals surface area contributed by atoms with Crippen LogP contribution in [-0.2, 0) is 4.79 Å². The Labute approximate surface area is 118 Å². The highest BCUT2D eigenvalue weighted by Crippen LogP contribution is 2.18. The molecule has 0 radical (unpaired) electrons. The number of carbonyl (C=O) groups is 2. The fourth-order valence-electron chi connectivity index (χ4n) is 2.50. The van der Waals surface area contributed by atoms with E-state index in [9.17, 15) is 9.59 Å². The Bertz CT molecular complexity index is 508. The molecule has 0 aliphatic heterocycles. The summed E-state index contributed by atoms with van der Waals surface area (Å²) in [7, 11) is 0. The summed E-state index contributed by atoms with van der Waals surface area (Å²) >= 11 is 0. The molecule has 0 unspecified atom stereocenters. The molecule has 5 nitrogen and oxygen atoms in total. The number of nitrogens with one attached hydrogen (secondary N) is 2. The molecule has 20 heavy (non-hydrogen) atoms. The van der Waals surface area contributed by atoms with Gasteiger partial charge in [0.2, 0.25) is 5.91 Å². The first-order chi connectivity index (χ1) is 9.56. The average Bonchev–Trinajstić information content (AvgIpc) is 2.91. The zero-order valence-corrected chi connectivity index (χ0v) is 11.6. The highest BCUT2D eigenvalue weighted by molar-refractivity contribution is 5.94. The number of amides is 1. The predicted molar refractivity (Wildman–Crippen MR) is 77.0 cm³/mol. The summed E-state index contributed by atoms with van der Waals surface area (Å²) in [5.41, 5.74) is 1.64. The van der Waals surface area contributed by atoms with Gasteiger partial charge < -0.3 is 15.7 Å². The number of hydrogen-bond acceptors (Lipinski definition) is 3. The van der Waals surface area contributed by atoms with Gasteiger partial charge in [-0.3, -0.25) is 4.79 Å². The Morgan fingerprint density at radius 3 is 2.60 bits per heavy atom. The average molecular weight is 276 g/mol. The standard InChI is InChI=1S/C15H20N2O3/c1-10-8-11(15(19)20)6-7-13(10)17-14(18)9-16-12-4-2-3-5-12/h6-8,12,16H,2-5,9H2,1H3,(H,17,18)(H,19,20). The molecule has 1 aromatic rings. The molecule has 0 spiro atoms. The van der Waals surface area contributed by atoms with Crippen molar-refractivity contribution in [3.05, 3.63) is 29.3 Å². The summed E-state index contributed by atoms with van der Waals surface area (Å²) in [6.07, 6.45) is 4.74. The number of aromatic carboxylic acids is 1. The van der Waals surface area contributed by atoms with E-state index < -0.39 is 5.97 Å². The second-order valence-electron chi connectivity index (χ2n) is 5.25.